The number of carboxylic acid groups (broad SMARTS) is 1. The average Bonchev–Trinajstić information content (AvgIpc) is 3.40. The number of barbiturate groups is 1. The van der Waals surface area contributed by atoms with Crippen LogP contribution in [0.25, 0.3) is 17.0 Å². The van der Waals surface area contributed by atoms with Crippen LogP contribution in [-0.2, 0) is 14.4 Å². The number of ether oxygens (including phenoxy) is 2. The molecule has 0 spiro atoms. The normalized spacial score (nSPS) is 17.5. The van der Waals surface area contributed by atoms with E-state index in [9.17, 15) is 24.3 Å². The molecule has 2 aliphatic rings. The molecular formula is C23H17N3O7. The minimum absolute atomic E-state index is 0.0292. The summed E-state index contributed by atoms with van der Waals surface area (Å²) in [4.78, 5) is 50.7. The summed E-state index contributed by atoms with van der Waals surface area (Å²) >= 11 is 0. The van der Waals surface area contributed by atoms with Gasteiger partial charge >= 0.3 is 12.0 Å². The van der Waals surface area contributed by atoms with Crippen LogP contribution >= 0.6 is 0 Å². The molecule has 0 saturated carbocycles. The van der Waals surface area contributed by atoms with E-state index in [1.54, 1.807) is 41.1 Å². The Bertz CT molecular complexity index is 1390. The van der Waals surface area contributed by atoms with Crippen LogP contribution in [0.3, 0.4) is 0 Å². The van der Waals surface area contributed by atoms with Crippen LogP contribution in [0.2, 0.25) is 0 Å². The fourth-order valence-electron chi connectivity index (χ4n) is 3.86. The Morgan fingerprint density at radius 3 is 2.67 bits per heavy atom. The fraction of sp³-hybridized carbons (Fsp3) is 0.130. The van der Waals surface area contributed by atoms with Crippen LogP contribution in [0.4, 0.5) is 10.5 Å². The number of carbonyl (C=O) groups excluding carboxylic acids is 3. The fourth-order valence-corrected chi connectivity index (χ4v) is 3.86. The summed E-state index contributed by atoms with van der Waals surface area (Å²) < 4.78 is 12.1. The number of aromatic nitrogens is 1. The number of fused-ring (bicyclic) bond motifs is 2. The van der Waals surface area contributed by atoms with E-state index < -0.39 is 29.9 Å². The number of hydrogen-bond acceptors (Lipinski definition) is 6. The molecule has 1 saturated heterocycles. The van der Waals surface area contributed by atoms with Crippen molar-refractivity contribution in [1.29, 1.82) is 0 Å². The van der Waals surface area contributed by atoms with Gasteiger partial charge in [-0.25, -0.2) is 14.5 Å². The summed E-state index contributed by atoms with van der Waals surface area (Å²) in [5.74, 6) is -1.83. The van der Waals surface area contributed by atoms with Gasteiger partial charge < -0.3 is 19.1 Å². The van der Waals surface area contributed by atoms with Crippen LogP contribution in [0.1, 0.15) is 18.5 Å². The highest BCUT2D eigenvalue weighted by molar-refractivity contribution is 6.39. The molecule has 10 nitrogen and oxygen atoms in total. The van der Waals surface area contributed by atoms with Crippen molar-refractivity contribution in [1.82, 2.24) is 9.88 Å². The number of nitrogens with zero attached hydrogens (tertiary/aromatic N) is 2. The molecular weight excluding hydrogens is 430 g/mol. The molecule has 1 aromatic heterocycles. The second-order valence-corrected chi connectivity index (χ2v) is 7.52. The van der Waals surface area contributed by atoms with Gasteiger partial charge in [0.05, 0.1) is 5.69 Å². The van der Waals surface area contributed by atoms with Crippen molar-refractivity contribution in [3.05, 3.63) is 59.8 Å². The average molecular weight is 447 g/mol. The highest BCUT2D eigenvalue weighted by atomic mass is 16.7. The number of nitrogens with one attached hydrogen (secondary N) is 1. The first kappa shape index (κ1) is 20.3. The second-order valence-electron chi connectivity index (χ2n) is 7.52. The molecule has 2 aromatic carbocycles. The van der Waals surface area contributed by atoms with Crippen molar-refractivity contribution >= 4 is 46.5 Å². The highest BCUT2D eigenvalue weighted by Gasteiger charge is 2.37. The third-order valence-electron chi connectivity index (χ3n) is 5.56. The molecule has 166 valence electrons. The van der Waals surface area contributed by atoms with Crippen molar-refractivity contribution in [2.75, 3.05) is 11.7 Å². The Labute approximate surface area is 186 Å². The molecule has 0 bridgehead atoms. The van der Waals surface area contributed by atoms with Crippen molar-refractivity contribution in [2.45, 2.75) is 13.0 Å². The number of hydrogen-bond donors (Lipinski definition) is 2. The Kier molecular flexibility index (Phi) is 4.63. The highest BCUT2D eigenvalue weighted by Crippen LogP contribution is 2.36. The Morgan fingerprint density at radius 1 is 1.12 bits per heavy atom. The summed E-state index contributed by atoms with van der Waals surface area (Å²) in [6.07, 6.45) is 2.93. The maximum absolute atomic E-state index is 13.2. The molecule has 4 amide bonds. The number of benzene rings is 2. The number of carbonyl (C=O) groups is 4. The SMILES string of the molecule is CC(C(=O)O)n1cc(C=C2C(=O)NC(=O)N(c3ccc4c(c3)OCO4)C2=O)c2ccccc21. The quantitative estimate of drug-likeness (QED) is 0.465. The number of amides is 4. The van der Waals surface area contributed by atoms with Crippen molar-refractivity contribution in [3.63, 3.8) is 0 Å². The molecule has 33 heavy (non-hydrogen) atoms. The van der Waals surface area contributed by atoms with Gasteiger partial charge in [-0.3, -0.25) is 14.9 Å². The van der Waals surface area contributed by atoms with Crippen molar-refractivity contribution < 1.29 is 33.8 Å². The maximum Gasteiger partial charge on any atom is 0.335 e. The van der Waals surface area contributed by atoms with Gasteiger partial charge in [0.15, 0.2) is 11.5 Å². The van der Waals surface area contributed by atoms with E-state index in [0.29, 0.717) is 28.0 Å². The van der Waals surface area contributed by atoms with Gasteiger partial charge in [-0.05, 0) is 31.2 Å². The molecule has 1 unspecified atom stereocenters. The molecule has 0 radical (unpaired) electrons. The van der Waals surface area contributed by atoms with Crippen molar-refractivity contribution in [3.8, 4) is 11.5 Å². The van der Waals surface area contributed by atoms with Gasteiger partial charge in [-0.2, -0.15) is 0 Å². The molecule has 3 heterocycles. The first-order valence-electron chi connectivity index (χ1n) is 9.98. The predicted octanol–water partition coefficient (Wildman–Crippen LogP) is 2.68. The van der Waals surface area contributed by atoms with Crippen LogP contribution in [0.5, 0.6) is 11.5 Å². The van der Waals surface area contributed by atoms with E-state index >= 15 is 0 Å². The lowest BCUT2D eigenvalue weighted by Gasteiger charge is -2.26. The summed E-state index contributed by atoms with van der Waals surface area (Å²) in [6, 6.07) is 9.85. The van der Waals surface area contributed by atoms with Crippen LogP contribution in [0.15, 0.2) is 54.2 Å². The van der Waals surface area contributed by atoms with Gasteiger partial charge in [-0.1, -0.05) is 18.2 Å². The zero-order chi connectivity index (χ0) is 23.3. The summed E-state index contributed by atoms with van der Waals surface area (Å²) in [7, 11) is 0. The first-order chi connectivity index (χ1) is 15.8. The number of para-hydroxylation sites is 1. The predicted molar refractivity (Wildman–Crippen MR) is 116 cm³/mol. The molecule has 3 aromatic rings. The van der Waals surface area contributed by atoms with Gasteiger partial charge in [0.1, 0.15) is 11.6 Å². The van der Waals surface area contributed by atoms with Crippen LogP contribution in [-0.4, -0.2) is 40.3 Å². The Morgan fingerprint density at radius 2 is 1.88 bits per heavy atom. The van der Waals surface area contributed by atoms with Gasteiger partial charge in [0.2, 0.25) is 6.79 Å². The smallest absolute Gasteiger partial charge is 0.335 e. The van der Waals surface area contributed by atoms with Crippen molar-refractivity contribution in [2.24, 2.45) is 0 Å². The molecule has 5 rings (SSSR count). The van der Waals surface area contributed by atoms with Crippen LogP contribution in [0, 0.1) is 0 Å². The standard InChI is InChI=1S/C23H17N3O7/c1-12(22(29)30)25-10-13(15-4-2-3-5-17(15)25)8-16-20(27)24-23(31)26(21(16)28)14-6-7-18-19(9-14)33-11-32-18/h2-10,12H,11H2,1H3,(H,29,30)(H,24,27,31). The minimum Gasteiger partial charge on any atom is -0.480 e. The maximum atomic E-state index is 13.2. The van der Waals surface area contributed by atoms with E-state index in [4.69, 9.17) is 9.47 Å². The van der Waals surface area contributed by atoms with Gasteiger partial charge in [0, 0.05) is 28.7 Å². The minimum atomic E-state index is -1.03. The molecule has 10 heteroatoms. The summed E-state index contributed by atoms with van der Waals surface area (Å²) in [6.45, 7) is 1.56. The van der Waals surface area contributed by atoms with E-state index in [-0.39, 0.29) is 18.1 Å². The lowest BCUT2D eigenvalue weighted by Crippen LogP contribution is -2.54. The Hall–Kier alpha value is -4.60. The summed E-state index contributed by atoms with van der Waals surface area (Å²) in [5.41, 5.74) is 1.05. The van der Waals surface area contributed by atoms with E-state index in [1.807, 2.05) is 0 Å². The summed E-state index contributed by atoms with van der Waals surface area (Å²) in [5, 5.41) is 12.3. The lowest BCUT2D eigenvalue weighted by molar-refractivity contribution is -0.140. The van der Waals surface area contributed by atoms with E-state index in [1.165, 1.54) is 25.1 Å². The third kappa shape index (κ3) is 3.28. The van der Waals surface area contributed by atoms with Gasteiger partial charge in [0.25, 0.3) is 11.8 Å². The number of carboxylic acids is 1. The van der Waals surface area contributed by atoms with Gasteiger partial charge in [-0.15, -0.1) is 0 Å². The van der Waals surface area contributed by atoms with E-state index in [2.05, 4.69) is 5.32 Å². The molecule has 0 aliphatic carbocycles. The molecule has 2 aliphatic heterocycles. The topological polar surface area (TPSA) is 127 Å². The number of rotatable bonds is 4. The second kappa shape index (κ2) is 7.52. The Balaban J connectivity index is 1.59. The van der Waals surface area contributed by atoms with E-state index in [0.717, 1.165) is 4.90 Å². The third-order valence-corrected chi connectivity index (χ3v) is 5.56. The van der Waals surface area contributed by atoms with Crippen LogP contribution < -0.4 is 19.7 Å². The number of anilines is 1. The number of imide groups is 2. The monoisotopic (exact) mass is 447 g/mol. The zero-order valence-corrected chi connectivity index (χ0v) is 17.3. The number of urea groups is 1. The lowest BCUT2D eigenvalue weighted by atomic mass is 10.1. The first-order valence-corrected chi connectivity index (χ1v) is 9.98. The largest absolute Gasteiger partial charge is 0.480 e. The molecule has 1 atom stereocenters. The number of aliphatic carboxylic acids is 1. The zero-order valence-electron chi connectivity index (χ0n) is 17.3. The molecule has 1 fully saturated rings. The molecule has 2 N–H and O–H groups in total.